The molecule has 0 aliphatic carbocycles. The molecule has 0 amide bonds. The summed E-state index contributed by atoms with van der Waals surface area (Å²) >= 11 is 5.89. The van der Waals surface area contributed by atoms with Crippen molar-refractivity contribution in [1.29, 1.82) is 0 Å². The summed E-state index contributed by atoms with van der Waals surface area (Å²) in [6, 6.07) is 16.4. The van der Waals surface area contributed by atoms with Gasteiger partial charge in [-0.2, -0.15) is 0 Å². The highest BCUT2D eigenvalue weighted by atomic mass is 35.5. The van der Waals surface area contributed by atoms with Crippen molar-refractivity contribution in [2.24, 2.45) is 10.4 Å². The van der Waals surface area contributed by atoms with Gasteiger partial charge in [0.05, 0.1) is 19.8 Å². The highest BCUT2D eigenvalue weighted by molar-refractivity contribution is 6.18. The quantitative estimate of drug-likeness (QED) is 0.566. The van der Waals surface area contributed by atoms with Gasteiger partial charge in [-0.3, -0.25) is 4.99 Å². The Morgan fingerprint density at radius 3 is 2.32 bits per heavy atom. The van der Waals surface area contributed by atoms with Crippen molar-refractivity contribution in [3.63, 3.8) is 0 Å². The van der Waals surface area contributed by atoms with Gasteiger partial charge in [0.25, 0.3) is 0 Å². The third-order valence-electron chi connectivity index (χ3n) is 4.51. The Bertz CT molecular complexity index is 760. The Hall–Kier alpha value is -1.95. The standard InChI is InChI=1S/C21H26ClN3O2.ClH/c1-21(13-22,14-26)15-27-19-8-4-17(5-9-19)12-16-2-6-18(7-3-16)25-20-23-10-11-24-20;/h2-9,26H,10-15H2,1H3,(H2,23,24,25);1H. The Morgan fingerprint density at radius 1 is 1.14 bits per heavy atom. The predicted molar refractivity (Wildman–Crippen MR) is 118 cm³/mol. The fourth-order valence-electron chi connectivity index (χ4n) is 2.65. The van der Waals surface area contributed by atoms with Gasteiger partial charge >= 0.3 is 0 Å². The van der Waals surface area contributed by atoms with Crippen LogP contribution < -0.4 is 15.4 Å². The minimum absolute atomic E-state index is 0. The number of nitrogens with one attached hydrogen (secondary N) is 2. The molecule has 0 fully saturated rings. The third-order valence-corrected chi connectivity index (χ3v) is 5.16. The molecular formula is C21H27Cl2N3O2. The molecule has 1 aliphatic heterocycles. The fourth-order valence-corrected chi connectivity index (χ4v) is 2.81. The van der Waals surface area contributed by atoms with E-state index in [1.165, 1.54) is 11.1 Å². The molecule has 0 radical (unpaired) electrons. The number of alkyl halides is 1. The minimum Gasteiger partial charge on any atom is -0.493 e. The number of anilines is 1. The molecule has 7 heteroatoms. The second kappa shape index (κ2) is 10.6. The number of halogens is 2. The molecule has 0 saturated carbocycles. The first-order valence-electron chi connectivity index (χ1n) is 9.13. The summed E-state index contributed by atoms with van der Waals surface area (Å²) in [5.41, 5.74) is 3.06. The summed E-state index contributed by atoms with van der Waals surface area (Å²) in [5, 5.41) is 15.9. The number of aliphatic hydroxyl groups excluding tert-OH is 1. The van der Waals surface area contributed by atoms with Crippen LogP contribution in [0.15, 0.2) is 53.5 Å². The summed E-state index contributed by atoms with van der Waals surface area (Å²) < 4.78 is 5.77. The second-order valence-electron chi connectivity index (χ2n) is 7.19. The van der Waals surface area contributed by atoms with Crippen LogP contribution in [0.4, 0.5) is 5.69 Å². The molecule has 152 valence electrons. The average molecular weight is 424 g/mol. The van der Waals surface area contributed by atoms with Crippen molar-refractivity contribution in [1.82, 2.24) is 5.32 Å². The molecule has 0 aromatic heterocycles. The number of benzene rings is 2. The van der Waals surface area contributed by atoms with Gasteiger partial charge in [-0.05, 0) is 41.8 Å². The van der Waals surface area contributed by atoms with Crippen LogP contribution in [-0.2, 0) is 6.42 Å². The van der Waals surface area contributed by atoms with E-state index in [0.717, 1.165) is 36.9 Å². The van der Waals surface area contributed by atoms with Gasteiger partial charge in [0.15, 0.2) is 5.96 Å². The van der Waals surface area contributed by atoms with Crippen LogP contribution in [0, 0.1) is 5.41 Å². The lowest BCUT2D eigenvalue weighted by Crippen LogP contribution is -2.31. The van der Waals surface area contributed by atoms with Crippen LogP contribution in [0.2, 0.25) is 0 Å². The lowest BCUT2D eigenvalue weighted by atomic mass is 9.96. The van der Waals surface area contributed by atoms with Gasteiger partial charge < -0.3 is 20.5 Å². The molecule has 2 aromatic rings. The van der Waals surface area contributed by atoms with Gasteiger partial charge in [-0.1, -0.05) is 31.2 Å². The summed E-state index contributed by atoms with van der Waals surface area (Å²) in [4.78, 5) is 4.33. The zero-order valence-electron chi connectivity index (χ0n) is 16.0. The zero-order chi connectivity index (χ0) is 19.1. The predicted octanol–water partition coefficient (Wildman–Crippen LogP) is 3.69. The van der Waals surface area contributed by atoms with Crippen molar-refractivity contribution in [3.05, 3.63) is 59.7 Å². The van der Waals surface area contributed by atoms with E-state index in [1.54, 1.807) is 0 Å². The summed E-state index contributed by atoms with van der Waals surface area (Å²) in [6.45, 7) is 4.02. The lowest BCUT2D eigenvalue weighted by molar-refractivity contribution is 0.100. The molecule has 0 saturated heterocycles. The molecule has 2 aromatic carbocycles. The second-order valence-corrected chi connectivity index (χ2v) is 7.46. The van der Waals surface area contributed by atoms with Gasteiger partial charge in [0, 0.05) is 23.5 Å². The molecule has 28 heavy (non-hydrogen) atoms. The van der Waals surface area contributed by atoms with Crippen LogP contribution in [0.3, 0.4) is 0 Å². The number of nitrogens with zero attached hydrogens (tertiary/aromatic N) is 1. The van der Waals surface area contributed by atoms with Crippen molar-refractivity contribution in [2.75, 3.05) is 37.5 Å². The number of aliphatic imine (C=N–C) groups is 1. The number of hydrogen-bond acceptors (Lipinski definition) is 5. The molecule has 0 bridgehead atoms. The topological polar surface area (TPSA) is 65.9 Å². The van der Waals surface area contributed by atoms with E-state index in [4.69, 9.17) is 16.3 Å². The van der Waals surface area contributed by atoms with Gasteiger partial charge in [0.2, 0.25) is 0 Å². The van der Waals surface area contributed by atoms with Crippen molar-refractivity contribution < 1.29 is 9.84 Å². The van der Waals surface area contributed by atoms with E-state index in [0.29, 0.717) is 12.5 Å². The van der Waals surface area contributed by atoms with E-state index >= 15 is 0 Å². The van der Waals surface area contributed by atoms with Gasteiger partial charge in [-0.25, -0.2) is 0 Å². The molecule has 1 aliphatic rings. The Morgan fingerprint density at radius 2 is 1.79 bits per heavy atom. The summed E-state index contributed by atoms with van der Waals surface area (Å²) in [5.74, 6) is 1.98. The monoisotopic (exact) mass is 423 g/mol. The molecule has 5 nitrogen and oxygen atoms in total. The first kappa shape index (κ1) is 22.3. The van der Waals surface area contributed by atoms with E-state index in [-0.39, 0.29) is 19.0 Å². The highest BCUT2D eigenvalue weighted by Crippen LogP contribution is 2.22. The number of guanidine groups is 1. The highest BCUT2D eigenvalue weighted by Gasteiger charge is 2.23. The lowest BCUT2D eigenvalue weighted by Gasteiger charge is -2.24. The average Bonchev–Trinajstić information content (AvgIpc) is 3.22. The maximum Gasteiger partial charge on any atom is 0.195 e. The first-order chi connectivity index (χ1) is 13.1. The van der Waals surface area contributed by atoms with Crippen molar-refractivity contribution >= 4 is 35.7 Å². The molecule has 1 unspecified atom stereocenters. The smallest absolute Gasteiger partial charge is 0.195 e. The summed E-state index contributed by atoms with van der Waals surface area (Å²) in [6.07, 6.45) is 0.857. The number of rotatable bonds is 8. The summed E-state index contributed by atoms with van der Waals surface area (Å²) in [7, 11) is 0. The van der Waals surface area contributed by atoms with Gasteiger partial charge in [0.1, 0.15) is 5.75 Å². The number of aliphatic hydroxyl groups is 1. The van der Waals surface area contributed by atoms with E-state index in [9.17, 15) is 5.11 Å². The Labute approximate surface area is 177 Å². The molecule has 3 rings (SSSR count). The SMILES string of the molecule is CC(CO)(CCl)COc1ccc(Cc2ccc(NC3=NCCN3)cc2)cc1.Cl. The number of ether oxygens (including phenoxy) is 1. The van der Waals surface area contributed by atoms with E-state index in [1.807, 2.05) is 19.1 Å². The molecule has 0 spiro atoms. The zero-order valence-corrected chi connectivity index (χ0v) is 17.5. The van der Waals surface area contributed by atoms with E-state index < -0.39 is 5.41 Å². The van der Waals surface area contributed by atoms with Crippen LogP contribution >= 0.6 is 24.0 Å². The molecular weight excluding hydrogens is 397 g/mol. The van der Waals surface area contributed by atoms with Crippen LogP contribution in [-0.4, -0.2) is 43.2 Å². The largest absolute Gasteiger partial charge is 0.493 e. The molecule has 3 N–H and O–H groups in total. The fraction of sp³-hybridized carbons (Fsp3) is 0.381. The van der Waals surface area contributed by atoms with Crippen molar-refractivity contribution in [3.8, 4) is 5.75 Å². The third kappa shape index (κ3) is 6.30. The molecule has 1 atom stereocenters. The van der Waals surface area contributed by atoms with Crippen molar-refractivity contribution in [2.45, 2.75) is 13.3 Å². The normalized spacial score (nSPS) is 15.0. The van der Waals surface area contributed by atoms with Gasteiger partial charge in [-0.15, -0.1) is 24.0 Å². The molecule has 1 heterocycles. The Kier molecular flexibility index (Phi) is 8.42. The van der Waals surface area contributed by atoms with Crippen LogP contribution in [0.5, 0.6) is 5.75 Å². The maximum atomic E-state index is 9.39. The van der Waals surface area contributed by atoms with Crippen LogP contribution in [0.1, 0.15) is 18.1 Å². The van der Waals surface area contributed by atoms with E-state index in [2.05, 4.69) is 52.0 Å². The first-order valence-corrected chi connectivity index (χ1v) is 9.66. The minimum atomic E-state index is -0.421. The number of hydrogen-bond donors (Lipinski definition) is 3. The Balaban J connectivity index is 0.00000280. The van der Waals surface area contributed by atoms with Crippen LogP contribution in [0.25, 0.3) is 0 Å². The maximum absolute atomic E-state index is 9.39.